The van der Waals surface area contributed by atoms with E-state index in [0.29, 0.717) is 6.61 Å². The molecule has 2 heterocycles. The Morgan fingerprint density at radius 3 is 3.05 bits per heavy atom. The topological polar surface area (TPSA) is 47.4 Å². The van der Waals surface area contributed by atoms with Crippen LogP contribution < -0.4 is 0 Å². The van der Waals surface area contributed by atoms with Gasteiger partial charge < -0.3 is 14.2 Å². The van der Waals surface area contributed by atoms with Crippen molar-refractivity contribution in [3.63, 3.8) is 0 Å². The van der Waals surface area contributed by atoms with Crippen LogP contribution in [0.25, 0.3) is 0 Å². The first-order valence-corrected chi connectivity index (χ1v) is 7.75. The Morgan fingerprint density at radius 1 is 1.48 bits per heavy atom. The first-order chi connectivity index (χ1) is 10.2. The number of allylic oxidation sites excluding steroid dienone is 1. The van der Waals surface area contributed by atoms with Crippen LogP contribution in [0.2, 0.25) is 0 Å². The number of hydrogen-bond acceptors (Lipinski definition) is 3. The molecule has 1 aromatic rings. The van der Waals surface area contributed by atoms with Gasteiger partial charge >= 0.3 is 0 Å². The number of carbonyl (C=O) groups excluding carboxylic acids is 1. The van der Waals surface area contributed by atoms with Crippen molar-refractivity contribution in [1.29, 1.82) is 0 Å². The lowest BCUT2D eigenvalue weighted by Gasteiger charge is -2.34. The second kappa shape index (κ2) is 6.02. The van der Waals surface area contributed by atoms with E-state index in [0.717, 1.165) is 50.2 Å². The smallest absolute Gasteiger partial charge is 0.250 e. The lowest BCUT2D eigenvalue weighted by Crippen LogP contribution is -2.42. The Bertz CT molecular complexity index is 562. The van der Waals surface area contributed by atoms with E-state index in [1.165, 1.54) is 5.69 Å². The number of aromatic nitrogens is 2. The van der Waals surface area contributed by atoms with Gasteiger partial charge in [0.15, 0.2) is 0 Å². The Hall–Kier alpha value is -1.62. The van der Waals surface area contributed by atoms with E-state index in [9.17, 15) is 4.79 Å². The Kier molecular flexibility index (Phi) is 4.10. The molecule has 114 valence electrons. The zero-order chi connectivity index (χ0) is 14.8. The third kappa shape index (κ3) is 2.62. The van der Waals surface area contributed by atoms with E-state index in [4.69, 9.17) is 4.74 Å². The van der Waals surface area contributed by atoms with Gasteiger partial charge in [-0.1, -0.05) is 6.08 Å². The van der Waals surface area contributed by atoms with E-state index in [1.807, 2.05) is 11.1 Å². The van der Waals surface area contributed by atoms with Gasteiger partial charge in [-0.05, 0) is 26.2 Å². The summed E-state index contributed by atoms with van der Waals surface area (Å²) in [5.74, 6) is 1.20. The van der Waals surface area contributed by atoms with E-state index >= 15 is 0 Å². The van der Waals surface area contributed by atoms with E-state index in [1.54, 1.807) is 7.11 Å². The molecule has 1 aliphatic heterocycles. The van der Waals surface area contributed by atoms with Crippen molar-refractivity contribution in [2.75, 3.05) is 20.3 Å². The van der Waals surface area contributed by atoms with Gasteiger partial charge in [0, 0.05) is 44.1 Å². The summed E-state index contributed by atoms with van der Waals surface area (Å²) in [6.45, 7) is 4.37. The Balaban J connectivity index is 1.77. The summed E-state index contributed by atoms with van der Waals surface area (Å²) < 4.78 is 7.39. The van der Waals surface area contributed by atoms with Crippen LogP contribution in [0.4, 0.5) is 0 Å². The minimum atomic E-state index is 0.0454. The minimum Gasteiger partial charge on any atom is -0.384 e. The van der Waals surface area contributed by atoms with Crippen LogP contribution in [-0.2, 0) is 22.5 Å². The van der Waals surface area contributed by atoms with Gasteiger partial charge in [-0.2, -0.15) is 0 Å². The summed E-state index contributed by atoms with van der Waals surface area (Å²) in [5, 5.41) is 0. The normalized spacial score (nSPS) is 21.3. The number of rotatable bonds is 4. The molecule has 1 amide bonds. The molecule has 0 bridgehead atoms. The summed E-state index contributed by atoms with van der Waals surface area (Å²) in [5.41, 5.74) is 2.19. The summed E-state index contributed by atoms with van der Waals surface area (Å²) in [6, 6.07) is 0.0454. The maximum atomic E-state index is 12.6. The SMILES string of the molecule is COCCc1cnc2n1CCN(C(=O)C1=CCCC1)[C@@H]2C. The second-order valence-corrected chi connectivity index (χ2v) is 5.80. The average Bonchev–Trinajstić information content (AvgIpc) is 3.15. The van der Waals surface area contributed by atoms with Crippen molar-refractivity contribution >= 4 is 5.91 Å². The zero-order valence-electron chi connectivity index (χ0n) is 12.8. The third-order valence-electron chi connectivity index (χ3n) is 4.51. The predicted molar refractivity (Wildman–Crippen MR) is 79.9 cm³/mol. The molecule has 2 aliphatic rings. The van der Waals surface area contributed by atoms with Crippen LogP contribution in [0.15, 0.2) is 17.8 Å². The molecule has 0 radical (unpaired) electrons. The lowest BCUT2D eigenvalue weighted by atomic mass is 10.1. The van der Waals surface area contributed by atoms with Crippen molar-refractivity contribution < 1.29 is 9.53 Å². The molecule has 3 rings (SSSR count). The quantitative estimate of drug-likeness (QED) is 0.852. The summed E-state index contributed by atoms with van der Waals surface area (Å²) in [4.78, 5) is 19.1. The van der Waals surface area contributed by atoms with E-state index in [-0.39, 0.29) is 11.9 Å². The van der Waals surface area contributed by atoms with Crippen LogP contribution in [0, 0.1) is 0 Å². The monoisotopic (exact) mass is 289 g/mol. The molecule has 0 saturated heterocycles. The van der Waals surface area contributed by atoms with Crippen molar-refractivity contribution in [1.82, 2.24) is 14.5 Å². The lowest BCUT2D eigenvalue weighted by molar-refractivity contribution is -0.130. The zero-order valence-corrected chi connectivity index (χ0v) is 12.8. The van der Waals surface area contributed by atoms with Gasteiger partial charge in [-0.15, -0.1) is 0 Å². The summed E-state index contributed by atoms with van der Waals surface area (Å²) >= 11 is 0. The second-order valence-electron chi connectivity index (χ2n) is 5.80. The highest BCUT2D eigenvalue weighted by Crippen LogP contribution is 2.29. The highest BCUT2D eigenvalue weighted by molar-refractivity contribution is 5.94. The van der Waals surface area contributed by atoms with Gasteiger partial charge in [0.2, 0.25) is 5.91 Å². The number of amides is 1. The number of fused-ring (bicyclic) bond motifs is 1. The van der Waals surface area contributed by atoms with Crippen molar-refractivity contribution in [3.05, 3.63) is 29.4 Å². The molecule has 5 nitrogen and oxygen atoms in total. The van der Waals surface area contributed by atoms with Crippen molar-refractivity contribution in [3.8, 4) is 0 Å². The fourth-order valence-electron chi connectivity index (χ4n) is 3.29. The fourth-order valence-corrected chi connectivity index (χ4v) is 3.29. The number of methoxy groups -OCH3 is 1. The van der Waals surface area contributed by atoms with Crippen molar-refractivity contribution in [2.24, 2.45) is 0 Å². The molecule has 0 aromatic carbocycles. The highest BCUT2D eigenvalue weighted by atomic mass is 16.5. The highest BCUT2D eigenvalue weighted by Gasteiger charge is 2.31. The molecule has 0 spiro atoms. The molecular formula is C16H23N3O2. The van der Waals surface area contributed by atoms with Crippen LogP contribution >= 0.6 is 0 Å². The first-order valence-electron chi connectivity index (χ1n) is 7.75. The molecule has 0 N–H and O–H groups in total. The Morgan fingerprint density at radius 2 is 2.33 bits per heavy atom. The van der Waals surface area contributed by atoms with E-state index < -0.39 is 0 Å². The van der Waals surface area contributed by atoms with Crippen LogP contribution in [0.1, 0.15) is 43.7 Å². The van der Waals surface area contributed by atoms with Crippen molar-refractivity contribution in [2.45, 2.75) is 45.2 Å². The maximum Gasteiger partial charge on any atom is 0.250 e. The standard InChI is InChI=1S/C16H23N3O2/c1-12-15-17-11-14(7-10-21-2)19(15)9-8-18(12)16(20)13-5-3-4-6-13/h5,11-12H,3-4,6-10H2,1-2H3/t12-/m1/s1. The number of nitrogens with zero attached hydrogens (tertiary/aromatic N) is 3. The number of carbonyl (C=O) groups is 1. The first kappa shape index (κ1) is 14.3. The molecule has 1 atom stereocenters. The maximum absolute atomic E-state index is 12.6. The van der Waals surface area contributed by atoms with Gasteiger partial charge in [-0.3, -0.25) is 4.79 Å². The molecule has 5 heteroatoms. The molecule has 21 heavy (non-hydrogen) atoms. The Labute approximate surface area is 125 Å². The minimum absolute atomic E-state index is 0.0454. The third-order valence-corrected chi connectivity index (χ3v) is 4.51. The largest absolute Gasteiger partial charge is 0.384 e. The van der Waals surface area contributed by atoms with E-state index in [2.05, 4.69) is 22.6 Å². The number of imidazole rings is 1. The molecule has 1 aliphatic carbocycles. The van der Waals surface area contributed by atoms with Gasteiger partial charge in [0.05, 0.1) is 12.6 Å². The van der Waals surface area contributed by atoms with Crippen LogP contribution in [0.3, 0.4) is 0 Å². The summed E-state index contributed by atoms with van der Waals surface area (Å²) in [7, 11) is 1.71. The van der Waals surface area contributed by atoms with Gasteiger partial charge in [-0.25, -0.2) is 4.98 Å². The molecule has 0 saturated carbocycles. The number of hydrogen-bond donors (Lipinski definition) is 0. The molecule has 1 aromatic heterocycles. The fraction of sp³-hybridized carbons (Fsp3) is 0.625. The summed E-state index contributed by atoms with van der Waals surface area (Å²) in [6.07, 6.45) is 7.97. The molecule has 0 unspecified atom stereocenters. The van der Waals surface area contributed by atoms with Gasteiger partial charge in [0.1, 0.15) is 5.82 Å². The van der Waals surface area contributed by atoms with Crippen LogP contribution in [0.5, 0.6) is 0 Å². The number of ether oxygens (including phenoxy) is 1. The van der Waals surface area contributed by atoms with Crippen LogP contribution in [-0.4, -0.2) is 40.6 Å². The molecule has 0 fully saturated rings. The van der Waals surface area contributed by atoms with Gasteiger partial charge in [0.25, 0.3) is 0 Å². The predicted octanol–water partition coefficient (Wildman–Crippen LogP) is 2.09. The molecular weight excluding hydrogens is 266 g/mol. The average molecular weight is 289 g/mol.